The first-order valence-corrected chi connectivity index (χ1v) is 12.3. The average molecular weight is 493 g/mol. The molecule has 0 bridgehead atoms. The highest BCUT2D eigenvalue weighted by Crippen LogP contribution is 2.30. The first-order chi connectivity index (χ1) is 17.6. The molecule has 36 heavy (non-hydrogen) atoms. The second kappa shape index (κ2) is 11.1. The molecule has 7 nitrogen and oxygen atoms in total. The Morgan fingerprint density at radius 3 is 1.81 bits per heavy atom. The smallest absolute Gasteiger partial charge is 0.236 e. The molecule has 0 N–H and O–H groups in total. The fraction of sp³-hybridized carbons (Fsp3) is 0.370. The molecule has 2 fully saturated rings. The quantitative estimate of drug-likeness (QED) is 0.528. The molecule has 5 rings (SSSR count). The average Bonchev–Trinajstić information content (AvgIpc) is 2.92. The Kier molecular flexibility index (Phi) is 7.48. The van der Waals surface area contributed by atoms with Crippen LogP contribution in [0.15, 0.2) is 67.0 Å². The lowest BCUT2D eigenvalue weighted by Gasteiger charge is -2.40. The van der Waals surface area contributed by atoms with Gasteiger partial charge in [-0.25, -0.2) is 18.7 Å². The van der Waals surface area contributed by atoms with Gasteiger partial charge in [-0.1, -0.05) is 24.3 Å². The Morgan fingerprint density at radius 1 is 0.750 bits per heavy atom. The summed E-state index contributed by atoms with van der Waals surface area (Å²) >= 11 is 0. The molecule has 188 valence electrons. The normalized spacial score (nSPS) is 17.5. The molecule has 9 heteroatoms. The molecule has 0 atom stereocenters. The maximum atomic E-state index is 13.6. The fourth-order valence-corrected chi connectivity index (χ4v) is 4.99. The summed E-state index contributed by atoms with van der Waals surface area (Å²) in [5, 5.41) is 0. The number of hydrogen-bond donors (Lipinski definition) is 0. The maximum absolute atomic E-state index is 13.6. The molecule has 2 aliphatic rings. The number of nitrogens with zero attached hydrogens (tertiary/aromatic N) is 6. The summed E-state index contributed by atoms with van der Waals surface area (Å²) in [5.41, 5.74) is 1.93. The number of carbonyl (C=O) groups is 1. The molecule has 0 saturated carbocycles. The van der Waals surface area contributed by atoms with Gasteiger partial charge in [0.05, 0.1) is 12.6 Å². The van der Waals surface area contributed by atoms with E-state index in [4.69, 9.17) is 0 Å². The number of carbonyl (C=O) groups excluding carboxylic acids is 1. The van der Waals surface area contributed by atoms with Gasteiger partial charge >= 0.3 is 0 Å². The van der Waals surface area contributed by atoms with Crippen LogP contribution in [0.2, 0.25) is 0 Å². The molecular weight excluding hydrogens is 462 g/mol. The minimum atomic E-state index is -0.280. The summed E-state index contributed by atoms with van der Waals surface area (Å²) in [7, 11) is 0. The van der Waals surface area contributed by atoms with Crippen molar-refractivity contribution in [3.05, 3.63) is 89.8 Å². The van der Waals surface area contributed by atoms with Crippen LogP contribution in [0.4, 0.5) is 14.7 Å². The highest BCUT2D eigenvalue weighted by atomic mass is 19.1. The van der Waals surface area contributed by atoms with Gasteiger partial charge in [-0.15, -0.1) is 0 Å². The lowest BCUT2D eigenvalue weighted by Crippen LogP contribution is -2.54. The van der Waals surface area contributed by atoms with Gasteiger partial charge < -0.3 is 9.80 Å². The van der Waals surface area contributed by atoms with Crippen LogP contribution in [0.3, 0.4) is 0 Å². The Labute approximate surface area is 210 Å². The Balaban J connectivity index is 1.17. The van der Waals surface area contributed by atoms with Crippen molar-refractivity contribution in [3.63, 3.8) is 0 Å². The van der Waals surface area contributed by atoms with E-state index in [1.54, 1.807) is 42.7 Å². The fourth-order valence-electron chi connectivity index (χ4n) is 4.99. The second-order valence-electron chi connectivity index (χ2n) is 9.23. The molecular formula is C27H30F2N6O. The van der Waals surface area contributed by atoms with Gasteiger partial charge in [0.2, 0.25) is 11.9 Å². The number of rotatable bonds is 6. The summed E-state index contributed by atoms with van der Waals surface area (Å²) in [6.45, 7) is 6.18. The predicted octanol–water partition coefficient (Wildman–Crippen LogP) is 2.81. The molecule has 0 unspecified atom stereocenters. The van der Waals surface area contributed by atoms with Crippen molar-refractivity contribution in [1.82, 2.24) is 24.7 Å². The largest absolute Gasteiger partial charge is 0.338 e. The van der Waals surface area contributed by atoms with Crippen LogP contribution in [-0.2, 0) is 4.79 Å². The number of anilines is 1. The van der Waals surface area contributed by atoms with E-state index in [2.05, 4.69) is 24.7 Å². The van der Waals surface area contributed by atoms with E-state index in [1.165, 1.54) is 24.3 Å². The second-order valence-corrected chi connectivity index (χ2v) is 9.23. The minimum Gasteiger partial charge on any atom is -0.338 e. The van der Waals surface area contributed by atoms with Crippen LogP contribution in [0, 0.1) is 11.6 Å². The van der Waals surface area contributed by atoms with E-state index in [1.807, 2.05) is 4.90 Å². The lowest BCUT2D eigenvalue weighted by atomic mass is 9.96. The Morgan fingerprint density at radius 2 is 1.28 bits per heavy atom. The van der Waals surface area contributed by atoms with Crippen molar-refractivity contribution in [2.75, 3.05) is 63.8 Å². The number of benzene rings is 2. The highest BCUT2D eigenvalue weighted by molar-refractivity contribution is 5.78. The van der Waals surface area contributed by atoms with Crippen molar-refractivity contribution < 1.29 is 13.6 Å². The molecule has 0 spiro atoms. The maximum Gasteiger partial charge on any atom is 0.236 e. The summed E-state index contributed by atoms with van der Waals surface area (Å²) in [5.74, 6) is 0.289. The van der Waals surface area contributed by atoms with Crippen molar-refractivity contribution in [2.45, 2.75) is 6.04 Å². The molecule has 2 aromatic carbocycles. The number of halogens is 2. The highest BCUT2D eigenvalue weighted by Gasteiger charge is 2.29. The van der Waals surface area contributed by atoms with Gasteiger partial charge in [-0.3, -0.25) is 14.6 Å². The third-order valence-electron chi connectivity index (χ3n) is 6.97. The molecule has 2 saturated heterocycles. The van der Waals surface area contributed by atoms with E-state index in [9.17, 15) is 13.6 Å². The van der Waals surface area contributed by atoms with Crippen molar-refractivity contribution in [1.29, 1.82) is 0 Å². The van der Waals surface area contributed by atoms with Crippen molar-refractivity contribution >= 4 is 11.9 Å². The standard InChI is InChI=1S/C27H30F2N6O/c28-23-6-2-21(3-7-23)26(22-4-8-24(29)9-5-22)34-14-12-32(13-15-34)20-25(36)33-16-18-35(19-17-33)27-30-10-1-11-31-27/h1-11,26H,12-20H2. The van der Waals surface area contributed by atoms with Gasteiger partial charge in [-0.2, -0.15) is 0 Å². The van der Waals surface area contributed by atoms with Crippen LogP contribution in [-0.4, -0.2) is 89.5 Å². The Bertz CT molecular complexity index is 1080. The summed E-state index contributed by atoms with van der Waals surface area (Å²) < 4.78 is 27.1. The zero-order chi connectivity index (χ0) is 24.9. The van der Waals surface area contributed by atoms with Crippen LogP contribution in [0.1, 0.15) is 17.2 Å². The van der Waals surface area contributed by atoms with Crippen molar-refractivity contribution in [3.8, 4) is 0 Å². The van der Waals surface area contributed by atoms with Gasteiger partial charge in [0.15, 0.2) is 0 Å². The number of hydrogen-bond acceptors (Lipinski definition) is 6. The van der Waals surface area contributed by atoms with E-state index < -0.39 is 0 Å². The zero-order valence-corrected chi connectivity index (χ0v) is 20.1. The minimum absolute atomic E-state index is 0.0997. The molecule has 3 heterocycles. The zero-order valence-electron chi connectivity index (χ0n) is 20.1. The topological polar surface area (TPSA) is 55.8 Å². The number of amides is 1. The van der Waals surface area contributed by atoms with E-state index in [0.717, 1.165) is 50.4 Å². The lowest BCUT2D eigenvalue weighted by molar-refractivity contribution is -0.133. The van der Waals surface area contributed by atoms with Gasteiger partial charge in [0.25, 0.3) is 0 Å². The first kappa shape index (κ1) is 24.3. The molecule has 1 aromatic heterocycles. The molecule has 1 amide bonds. The predicted molar refractivity (Wildman–Crippen MR) is 133 cm³/mol. The van der Waals surface area contributed by atoms with Gasteiger partial charge in [0, 0.05) is 64.8 Å². The van der Waals surface area contributed by atoms with Gasteiger partial charge in [0.1, 0.15) is 11.6 Å². The summed E-state index contributed by atoms with van der Waals surface area (Å²) in [6, 6.07) is 14.7. The summed E-state index contributed by atoms with van der Waals surface area (Å²) in [4.78, 5) is 30.1. The summed E-state index contributed by atoms with van der Waals surface area (Å²) in [6.07, 6.45) is 3.46. The first-order valence-electron chi connectivity index (χ1n) is 12.3. The van der Waals surface area contributed by atoms with Crippen molar-refractivity contribution in [2.24, 2.45) is 0 Å². The number of piperazine rings is 2. The van der Waals surface area contributed by atoms with Crippen LogP contribution in [0.5, 0.6) is 0 Å². The molecule has 2 aliphatic heterocycles. The van der Waals surface area contributed by atoms with E-state index in [0.29, 0.717) is 25.6 Å². The van der Waals surface area contributed by atoms with Gasteiger partial charge in [-0.05, 0) is 41.5 Å². The monoisotopic (exact) mass is 492 g/mol. The van der Waals surface area contributed by atoms with E-state index in [-0.39, 0.29) is 23.6 Å². The van der Waals surface area contributed by atoms with Crippen LogP contribution in [0.25, 0.3) is 0 Å². The SMILES string of the molecule is O=C(CN1CCN(C(c2ccc(F)cc2)c2ccc(F)cc2)CC1)N1CCN(c2ncccn2)CC1. The van der Waals surface area contributed by atoms with E-state index >= 15 is 0 Å². The molecule has 0 aliphatic carbocycles. The van der Waals surface area contributed by atoms with Crippen LogP contribution < -0.4 is 4.90 Å². The number of aromatic nitrogens is 2. The third-order valence-corrected chi connectivity index (χ3v) is 6.97. The molecule has 3 aromatic rings. The Hall–Kier alpha value is -3.43. The molecule has 0 radical (unpaired) electrons. The van der Waals surface area contributed by atoms with Crippen LogP contribution >= 0.6 is 0 Å². The third kappa shape index (κ3) is 5.68.